The van der Waals surface area contributed by atoms with Gasteiger partial charge in [0.1, 0.15) is 6.10 Å². The highest BCUT2D eigenvalue weighted by atomic mass is 16.3. The monoisotopic (exact) mass is 163 g/mol. The molecule has 2 rings (SSSR count). The van der Waals surface area contributed by atoms with Crippen molar-refractivity contribution in [1.82, 2.24) is 0 Å². The first-order chi connectivity index (χ1) is 5.77. The Morgan fingerprint density at radius 2 is 2.17 bits per heavy atom. The first kappa shape index (κ1) is 7.31. The van der Waals surface area contributed by atoms with Crippen molar-refractivity contribution < 1.29 is 9.90 Å². The third-order valence-electron chi connectivity index (χ3n) is 1.99. The summed E-state index contributed by atoms with van der Waals surface area (Å²) in [5.41, 5.74) is 1.80. The van der Waals surface area contributed by atoms with E-state index in [1.807, 2.05) is 24.3 Å². The molecule has 0 saturated carbocycles. The molecule has 0 fully saturated rings. The van der Waals surface area contributed by atoms with Gasteiger partial charge < -0.3 is 10.4 Å². The number of aliphatic hydroxyl groups excluding tert-OH is 1. The minimum absolute atomic E-state index is 0.311. The van der Waals surface area contributed by atoms with Crippen molar-refractivity contribution >= 4 is 11.6 Å². The summed E-state index contributed by atoms with van der Waals surface area (Å²) >= 11 is 0. The molecule has 1 aliphatic rings. The van der Waals surface area contributed by atoms with Gasteiger partial charge in [-0.25, -0.2) is 0 Å². The van der Waals surface area contributed by atoms with Gasteiger partial charge in [-0.05, 0) is 11.6 Å². The van der Waals surface area contributed by atoms with E-state index >= 15 is 0 Å². The SMILES string of the molecule is O=C1Nc2ccccc2C[C@@H]1O. The number of hydrogen-bond acceptors (Lipinski definition) is 2. The Labute approximate surface area is 70.0 Å². The molecular weight excluding hydrogens is 154 g/mol. The van der Waals surface area contributed by atoms with E-state index in [0.717, 1.165) is 11.3 Å². The zero-order chi connectivity index (χ0) is 8.55. The van der Waals surface area contributed by atoms with E-state index in [4.69, 9.17) is 0 Å². The van der Waals surface area contributed by atoms with Gasteiger partial charge in [0.25, 0.3) is 5.91 Å². The second-order valence-electron chi connectivity index (χ2n) is 2.87. The zero-order valence-corrected chi connectivity index (χ0v) is 6.45. The van der Waals surface area contributed by atoms with Crippen LogP contribution < -0.4 is 5.32 Å². The highest BCUT2D eigenvalue weighted by Gasteiger charge is 2.22. The summed E-state index contributed by atoms with van der Waals surface area (Å²) in [4.78, 5) is 11.0. The van der Waals surface area contributed by atoms with E-state index in [-0.39, 0.29) is 5.91 Å². The van der Waals surface area contributed by atoms with Crippen LogP contribution in [0.1, 0.15) is 5.56 Å². The highest BCUT2D eigenvalue weighted by molar-refractivity contribution is 5.97. The van der Waals surface area contributed by atoms with Crippen LogP contribution in [0.5, 0.6) is 0 Å². The molecule has 0 aromatic heterocycles. The second-order valence-corrected chi connectivity index (χ2v) is 2.87. The largest absolute Gasteiger partial charge is 0.383 e. The Bertz CT molecular complexity index is 322. The predicted molar refractivity (Wildman–Crippen MR) is 44.8 cm³/mol. The predicted octanol–water partition coefficient (Wildman–Crippen LogP) is 0.542. The van der Waals surface area contributed by atoms with Crippen LogP contribution in [-0.2, 0) is 11.2 Å². The van der Waals surface area contributed by atoms with Gasteiger partial charge in [0.2, 0.25) is 0 Å². The van der Waals surface area contributed by atoms with Gasteiger partial charge in [-0.2, -0.15) is 0 Å². The summed E-state index contributed by atoms with van der Waals surface area (Å²) in [5.74, 6) is -0.311. The molecule has 1 amide bonds. The number of rotatable bonds is 0. The lowest BCUT2D eigenvalue weighted by atomic mass is 10.0. The quantitative estimate of drug-likeness (QED) is 0.586. The second kappa shape index (κ2) is 2.60. The molecule has 1 aliphatic heterocycles. The zero-order valence-electron chi connectivity index (χ0n) is 6.45. The summed E-state index contributed by atoms with van der Waals surface area (Å²) in [7, 11) is 0. The third kappa shape index (κ3) is 1.08. The van der Waals surface area contributed by atoms with Crippen LogP contribution in [0.2, 0.25) is 0 Å². The van der Waals surface area contributed by atoms with Crippen molar-refractivity contribution in [3.05, 3.63) is 29.8 Å². The van der Waals surface area contributed by atoms with Crippen LogP contribution in [-0.4, -0.2) is 17.1 Å². The molecule has 62 valence electrons. The molecule has 1 aromatic rings. The van der Waals surface area contributed by atoms with E-state index in [9.17, 15) is 9.90 Å². The van der Waals surface area contributed by atoms with Crippen LogP contribution >= 0.6 is 0 Å². The number of para-hydroxylation sites is 1. The van der Waals surface area contributed by atoms with Gasteiger partial charge >= 0.3 is 0 Å². The summed E-state index contributed by atoms with van der Waals surface area (Å²) < 4.78 is 0. The van der Waals surface area contributed by atoms with Gasteiger partial charge in [-0.15, -0.1) is 0 Å². The van der Waals surface area contributed by atoms with Gasteiger partial charge in [0.05, 0.1) is 0 Å². The molecule has 12 heavy (non-hydrogen) atoms. The number of carbonyl (C=O) groups is 1. The number of carbonyl (C=O) groups excluding carboxylic acids is 1. The first-order valence-electron chi connectivity index (χ1n) is 3.84. The van der Waals surface area contributed by atoms with Crippen molar-refractivity contribution in [3.63, 3.8) is 0 Å². The maximum atomic E-state index is 11.0. The van der Waals surface area contributed by atoms with Crippen molar-refractivity contribution in [2.75, 3.05) is 5.32 Å². The molecule has 0 bridgehead atoms. The van der Waals surface area contributed by atoms with Gasteiger partial charge in [-0.1, -0.05) is 18.2 Å². The number of amides is 1. The fraction of sp³-hybridized carbons (Fsp3) is 0.222. The summed E-state index contributed by atoms with van der Waals surface area (Å²) in [5, 5.41) is 11.8. The van der Waals surface area contributed by atoms with Crippen LogP contribution in [0.4, 0.5) is 5.69 Å². The lowest BCUT2D eigenvalue weighted by molar-refractivity contribution is -0.124. The van der Waals surface area contributed by atoms with Gasteiger partial charge in [0.15, 0.2) is 0 Å². The van der Waals surface area contributed by atoms with Crippen molar-refractivity contribution in [2.45, 2.75) is 12.5 Å². The van der Waals surface area contributed by atoms with Crippen molar-refractivity contribution in [2.24, 2.45) is 0 Å². The lowest BCUT2D eigenvalue weighted by Crippen LogP contribution is -2.34. The maximum absolute atomic E-state index is 11.0. The average molecular weight is 163 g/mol. The van der Waals surface area contributed by atoms with E-state index in [0.29, 0.717) is 6.42 Å². The normalized spacial score (nSPS) is 21.4. The van der Waals surface area contributed by atoms with Crippen molar-refractivity contribution in [3.8, 4) is 0 Å². The molecule has 0 aliphatic carbocycles. The van der Waals surface area contributed by atoms with E-state index < -0.39 is 6.10 Å². The maximum Gasteiger partial charge on any atom is 0.253 e. The van der Waals surface area contributed by atoms with E-state index in [2.05, 4.69) is 5.32 Å². The topological polar surface area (TPSA) is 49.3 Å². The molecule has 1 heterocycles. The van der Waals surface area contributed by atoms with E-state index in [1.165, 1.54) is 0 Å². The molecule has 1 atom stereocenters. The first-order valence-corrected chi connectivity index (χ1v) is 3.84. The Kier molecular flexibility index (Phi) is 1.59. The Morgan fingerprint density at radius 1 is 1.42 bits per heavy atom. The molecule has 0 unspecified atom stereocenters. The number of anilines is 1. The molecule has 0 radical (unpaired) electrons. The minimum Gasteiger partial charge on any atom is -0.383 e. The molecule has 0 spiro atoms. The van der Waals surface area contributed by atoms with Crippen molar-refractivity contribution in [1.29, 1.82) is 0 Å². The lowest BCUT2D eigenvalue weighted by Gasteiger charge is -2.20. The van der Waals surface area contributed by atoms with Crippen LogP contribution in [0.3, 0.4) is 0 Å². The molecule has 1 aromatic carbocycles. The molecular formula is C9H9NO2. The Balaban J connectivity index is 2.40. The smallest absolute Gasteiger partial charge is 0.253 e. The van der Waals surface area contributed by atoms with Gasteiger partial charge in [-0.3, -0.25) is 4.79 Å². The number of aliphatic hydroxyl groups is 1. The number of benzene rings is 1. The third-order valence-corrected chi connectivity index (χ3v) is 1.99. The van der Waals surface area contributed by atoms with Crippen LogP contribution in [0.25, 0.3) is 0 Å². The molecule has 2 N–H and O–H groups in total. The average Bonchev–Trinajstić information content (AvgIpc) is 2.07. The van der Waals surface area contributed by atoms with Crippen LogP contribution in [0, 0.1) is 0 Å². The van der Waals surface area contributed by atoms with Crippen LogP contribution in [0.15, 0.2) is 24.3 Å². The fourth-order valence-electron chi connectivity index (χ4n) is 1.34. The Hall–Kier alpha value is -1.35. The summed E-state index contributed by atoms with van der Waals surface area (Å²) in [6, 6.07) is 7.48. The summed E-state index contributed by atoms with van der Waals surface area (Å²) in [6.07, 6.45) is -0.470. The fourth-order valence-corrected chi connectivity index (χ4v) is 1.34. The highest BCUT2D eigenvalue weighted by Crippen LogP contribution is 2.21. The van der Waals surface area contributed by atoms with E-state index in [1.54, 1.807) is 0 Å². The molecule has 3 nitrogen and oxygen atoms in total. The summed E-state index contributed by atoms with van der Waals surface area (Å²) in [6.45, 7) is 0. The minimum atomic E-state index is -0.889. The van der Waals surface area contributed by atoms with Gasteiger partial charge in [0, 0.05) is 12.1 Å². The standard InChI is InChI=1S/C9H9NO2/c11-8-5-6-3-1-2-4-7(6)10-9(8)12/h1-4,8,11H,5H2,(H,10,12)/t8-/m0/s1. The number of fused-ring (bicyclic) bond motifs is 1. The number of hydrogen-bond donors (Lipinski definition) is 2. The molecule has 0 saturated heterocycles. The number of nitrogens with one attached hydrogen (secondary N) is 1. The molecule has 3 heteroatoms. The Morgan fingerprint density at radius 3 is 3.00 bits per heavy atom.